The van der Waals surface area contributed by atoms with Crippen LogP contribution in [0.1, 0.15) is 24.7 Å². The van der Waals surface area contributed by atoms with E-state index >= 15 is 0 Å². The fourth-order valence-electron chi connectivity index (χ4n) is 2.68. The Kier molecular flexibility index (Phi) is 5.66. The number of benzene rings is 2. The molecule has 0 saturated heterocycles. The van der Waals surface area contributed by atoms with Crippen LogP contribution in [0.15, 0.2) is 53.3 Å². The van der Waals surface area contributed by atoms with Crippen LogP contribution in [0.3, 0.4) is 0 Å². The molecule has 0 spiro atoms. The van der Waals surface area contributed by atoms with E-state index in [2.05, 4.69) is 12.7 Å². The number of aryl methyl sites for hydroxylation is 2. The Morgan fingerprint density at radius 2 is 1.74 bits per heavy atom. The summed E-state index contributed by atoms with van der Waals surface area (Å²) in [5.41, 5.74) is 7.16. The van der Waals surface area contributed by atoms with Gasteiger partial charge in [0.15, 0.2) is 0 Å². The standard InChI is InChI=1S/C18H18N2O.CH5N/c1-3-8-16-19-15-12-7-9-13(2)17(15)18(21)20(16)14-10-5-4-6-11-14;1-2/h4-7,9-12H,3,8H2,1-2H3;2H2,1H3. The second kappa shape index (κ2) is 7.70. The highest BCUT2D eigenvalue weighted by Gasteiger charge is 2.13. The molecule has 0 bridgehead atoms. The van der Waals surface area contributed by atoms with E-state index in [-0.39, 0.29) is 5.56 Å². The van der Waals surface area contributed by atoms with Crippen LogP contribution in [0.5, 0.6) is 0 Å². The molecule has 120 valence electrons. The smallest absolute Gasteiger partial charge is 0.266 e. The number of aromatic nitrogens is 2. The van der Waals surface area contributed by atoms with Crippen LogP contribution in [-0.2, 0) is 6.42 Å². The molecular weight excluding hydrogens is 286 g/mol. The summed E-state index contributed by atoms with van der Waals surface area (Å²) < 4.78 is 1.75. The van der Waals surface area contributed by atoms with Crippen molar-refractivity contribution in [3.8, 4) is 5.69 Å². The van der Waals surface area contributed by atoms with Gasteiger partial charge in [-0.3, -0.25) is 9.36 Å². The first-order valence-electron chi connectivity index (χ1n) is 7.86. The number of fused-ring (bicyclic) bond motifs is 1. The third kappa shape index (κ3) is 3.32. The minimum atomic E-state index is 0.0211. The third-order valence-electron chi connectivity index (χ3n) is 3.66. The van der Waals surface area contributed by atoms with Gasteiger partial charge in [0.25, 0.3) is 5.56 Å². The minimum absolute atomic E-state index is 0.0211. The molecule has 0 unspecified atom stereocenters. The molecule has 2 aromatic carbocycles. The lowest BCUT2D eigenvalue weighted by molar-refractivity contribution is 0.774. The van der Waals surface area contributed by atoms with Crippen molar-refractivity contribution in [1.82, 2.24) is 9.55 Å². The Morgan fingerprint density at radius 3 is 2.39 bits per heavy atom. The monoisotopic (exact) mass is 309 g/mol. The van der Waals surface area contributed by atoms with Gasteiger partial charge in [-0.15, -0.1) is 0 Å². The van der Waals surface area contributed by atoms with Crippen molar-refractivity contribution >= 4 is 10.9 Å². The van der Waals surface area contributed by atoms with Gasteiger partial charge in [-0.25, -0.2) is 4.98 Å². The zero-order valence-electron chi connectivity index (χ0n) is 13.9. The maximum Gasteiger partial charge on any atom is 0.266 e. The quantitative estimate of drug-likeness (QED) is 0.808. The summed E-state index contributed by atoms with van der Waals surface area (Å²) in [4.78, 5) is 17.7. The number of nitrogens with zero attached hydrogens (tertiary/aromatic N) is 2. The predicted molar refractivity (Wildman–Crippen MR) is 96.2 cm³/mol. The SMILES string of the molecule is CCCc1nc2cccc(C)c2c(=O)n1-c1ccccc1.CN. The van der Waals surface area contributed by atoms with Gasteiger partial charge in [-0.1, -0.05) is 37.3 Å². The lowest BCUT2D eigenvalue weighted by Crippen LogP contribution is -2.24. The van der Waals surface area contributed by atoms with Crippen molar-refractivity contribution in [2.75, 3.05) is 7.05 Å². The van der Waals surface area contributed by atoms with Gasteiger partial charge in [-0.2, -0.15) is 0 Å². The molecule has 4 nitrogen and oxygen atoms in total. The molecule has 2 N–H and O–H groups in total. The van der Waals surface area contributed by atoms with Gasteiger partial charge in [-0.05, 0) is 44.2 Å². The number of rotatable bonds is 3. The van der Waals surface area contributed by atoms with Crippen molar-refractivity contribution in [2.45, 2.75) is 26.7 Å². The Morgan fingerprint density at radius 1 is 1.04 bits per heavy atom. The number of hydrogen-bond acceptors (Lipinski definition) is 3. The zero-order chi connectivity index (χ0) is 16.8. The fourth-order valence-corrected chi connectivity index (χ4v) is 2.68. The van der Waals surface area contributed by atoms with E-state index in [0.29, 0.717) is 5.39 Å². The van der Waals surface area contributed by atoms with Crippen LogP contribution in [0, 0.1) is 6.92 Å². The maximum absolute atomic E-state index is 13.0. The van der Waals surface area contributed by atoms with Crippen LogP contribution in [0.4, 0.5) is 0 Å². The van der Waals surface area contributed by atoms with E-state index in [4.69, 9.17) is 4.98 Å². The van der Waals surface area contributed by atoms with Gasteiger partial charge in [0.2, 0.25) is 0 Å². The molecule has 0 aliphatic carbocycles. The van der Waals surface area contributed by atoms with Gasteiger partial charge in [0.05, 0.1) is 16.6 Å². The van der Waals surface area contributed by atoms with Crippen LogP contribution in [0.25, 0.3) is 16.6 Å². The highest BCUT2D eigenvalue weighted by molar-refractivity contribution is 5.81. The molecule has 4 heteroatoms. The van der Waals surface area contributed by atoms with Crippen LogP contribution in [0.2, 0.25) is 0 Å². The zero-order valence-corrected chi connectivity index (χ0v) is 13.9. The average molecular weight is 309 g/mol. The first-order chi connectivity index (χ1) is 11.2. The first-order valence-corrected chi connectivity index (χ1v) is 7.86. The molecule has 0 aliphatic rings. The van der Waals surface area contributed by atoms with E-state index < -0.39 is 0 Å². The van der Waals surface area contributed by atoms with Gasteiger partial charge < -0.3 is 5.73 Å². The molecule has 3 rings (SSSR count). The highest BCUT2D eigenvalue weighted by atomic mass is 16.1. The molecule has 0 radical (unpaired) electrons. The van der Waals surface area contributed by atoms with Crippen LogP contribution < -0.4 is 11.3 Å². The number of para-hydroxylation sites is 1. The second-order valence-electron chi connectivity index (χ2n) is 5.22. The summed E-state index contributed by atoms with van der Waals surface area (Å²) in [7, 11) is 1.50. The van der Waals surface area contributed by atoms with Crippen LogP contribution in [-0.4, -0.2) is 16.6 Å². The Balaban J connectivity index is 0.000000924. The highest BCUT2D eigenvalue weighted by Crippen LogP contribution is 2.16. The molecule has 1 heterocycles. The molecule has 0 amide bonds. The van der Waals surface area contributed by atoms with Crippen molar-refractivity contribution < 1.29 is 0 Å². The molecule has 3 aromatic rings. The summed E-state index contributed by atoms with van der Waals surface area (Å²) in [5, 5.41) is 0.709. The lowest BCUT2D eigenvalue weighted by Gasteiger charge is -2.14. The van der Waals surface area contributed by atoms with Crippen molar-refractivity contribution in [1.29, 1.82) is 0 Å². The Bertz CT molecular complexity index is 838. The number of nitrogens with two attached hydrogens (primary N) is 1. The molecular formula is C19H23N3O. The van der Waals surface area contributed by atoms with Gasteiger partial charge >= 0.3 is 0 Å². The summed E-state index contributed by atoms with van der Waals surface area (Å²) in [6, 6.07) is 15.6. The normalized spacial score (nSPS) is 10.3. The lowest BCUT2D eigenvalue weighted by atomic mass is 10.1. The van der Waals surface area contributed by atoms with Crippen molar-refractivity contribution in [2.24, 2.45) is 5.73 Å². The molecule has 0 atom stereocenters. The summed E-state index contributed by atoms with van der Waals surface area (Å²) >= 11 is 0. The fraction of sp³-hybridized carbons (Fsp3) is 0.263. The molecule has 0 saturated carbocycles. The summed E-state index contributed by atoms with van der Waals surface area (Å²) in [6.45, 7) is 4.06. The van der Waals surface area contributed by atoms with Gasteiger partial charge in [0, 0.05) is 6.42 Å². The predicted octanol–water partition coefficient (Wildman–Crippen LogP) is 3.22. The van der Waals surface area contributed by atoms with Crippen molar-refractivity contribution in [3.63, 3.8) is 0 Å². The molecule has 23 heavy (non-hydrogen) atoms. The molecule has 0 fully saturated rings. The summed E-state index contributed by atoms with van der Waals surface area (Å²) in [6.07, 6.45) is 1.74. The van der Waals surface area contributed by atoms with E-state index in [0.717, 1.165) is 35.4 Å². The Hall–Kier alpha value is -2.46. The topological polar surface area (TPSA) is 60.9 Å². The second-order valence-corrected chi connectivity index (χ2v) is 5.22. The molecule has 0 aliphatic heterocycles. The maximum atomic E-state index is 13.0. The van der Waals surface area contributed by atoms with Crippen molar-refractivity contribution in [3.05, 3.63) is 70.3 Å². The average Bonchev–Trinajstić information content (AvgIpc) is 2.58. The van der Waals surface area contributed by atoms with E-state index in [1.165, 1.54) is 7.05 Å². The van der Waals surface area contributed by atoms with E-state index in [1.54, 1.807) is 4.57 Å². The van der Waals surface area contributed by atoms with E-state index in [9.17, 15) is 4.79 Å². The minimum Gasteiger partial charge on any atom is -0.333 e. The summed E-state index contributed by atoms with van der Waals surface area (Å²) in [5.74, 6) is 0.826. The molecule has 1 aromatic heterocycles. The number of hydrogen-bond donors (Lipinski definition) is 1. The van der Waals surface area contributed by atoms with Crippen LogP contribution >= 0.6 is 0 Å². The van der Waals surface area contributed by atoms with Gasteiger partial charge in [0.1, 0.15) is 5.82 Å². The first kappa shape index (κ1) is 16.9. The van der Waals surface area contributed by atoms with E-state index in [1.807, 2.05) is 55.5 Å². The Labute approximate surface area is 136 Å². The third-order valence-corrected chi connectivity index (χ3v) is 3.66. The largest absolute Gasteiger partial charge is 0.333 e.